The highest BCUT2D eigenvalue weighted by atomic mass is 16.4. The van der Waals surface area contributed by atoms with Crippen molar-refractivity contribution in [3.63, 3.8) is 0 Å². The first-order valence-electron chi connectivity index (χ1n) is 19.7. The Hall–Kier alpha value is -3.18. The third-order valence-electron chi connectivity index (χ3n) is 8.91. The molecule has 0 aliphatic carbocycles. The number of amides is 4. The fraction of sp³-hybridized carbons (Fsp3) is 0.842. The molecule has 0 fully saturated rings. The van der Waals surface area contributed by atoms with Crippen LogP contribution in [-0.4, -0.2) is 71.0 Å². The number of carboxylic acids is 2. The maximum Gasteiger partial charge on any atom is 0.326 e. The van der Waals surface area contributed by atoms with Gasteiger partial charge in [-0.2, -0.15) is 0 Å². The van der Waals surface area contributed by atoms with Gasteiger partial charge in [-0.1, -0.05) is 117 Å². The Morgan fingerprint density at radius 1 is 0.420 bits per heavy atom. The summed E-state index contributed by atoms with van der Waals surface area (Å²) in [5.41, 5.74) is 0. The largest absolute Gasteiger partial charge is 0.480 e. The second-order valence-corrected chi connectivity index (χ2v) is 13.6. The molecule has 0 saturated carbocycles. The topological polar surface area (TPSA) is 191 Å². The van der Waals surface area contributed by atoms with Crippen LogP contribution in [0.15, 0.2) is 0 Å². The monoisotopic (exact) mass is 711 g/mol. The van der Waals surface area contributed by atoms with E-state index in [-0.39, 0.29) is 24.7 Å². The number of carboxylic acid groups (broad SMARTS) is 2. The number of rotatable bonds is 34. The van der Waals surface area contributed by atoms with Crippen LogP contribution in [0.2, 0.25) is 0 Å². The summed E-state index contributed by atoms with van der Waals surface area (Å²) in [4.78, 5) is 72.2. The van der Waals surface area contributed by atoms with Gasteiger partial charge in [0, 0.05) is 25.9 Å². The second-order valence-electron chi connectivity index (χ2n) is 13.6. The quantitative estimate of drug-likeness (QED) is 0.0320. The minimum atomic E-state index is -1.33. The third kappa shape index (κ3) is 28.6. The smallest absolute Gasteiger partial charge is 0.326 e. The van der Waals surface area contributed by atoms with E-state index in [1.165, 1.54) is 77.0 Å². The van der Waals surface area contributed by atoms with Crippen molar-refractivity contribution >= 4 is 35.6 Å². The zero-order valence-electron chi connectivity index (χ0n) is 31.3. The van der Waals surface area contributed by atoms with Crippen LogP contribution in [0, 0.1) is 0 Å². The van der Waals surface area contributed by atoms with Gasteiger partial charge in [-0.05, 0) is 51.4 Å². The molecule has 0 aromatic carbocycles. The van der Waals surface area contributed by atoms with Crippen LogP contribution in [0.4, 0.5) is 0 Å². The van der Waals surface area contributed by atoms with E-state index in [0.717, 1.165) is 38.5 Å². The first-order chi connectivity index (χ1) is 24.1. The minimum Gasteiger partial charge on any atom is -0.480 e. The number of unbranched alkanes of at least 4 members (excludes halogenated alkanes) is 18. The Balaban J connectivity index is 4.15. The molecule has 0 spiro atoms. The van der Waals surface area contributed by atoms with Crippen LogP contribution < -0.4 is 21.3 Å². The van der Waals surface area contributed by atoms with Crippen molar-refractivity contribution in [2.24, 2.45) is 0 Å². The first-order valence-corrected chi connectivity index (χ1v) is 19.7. The van der Waals surface area contributed by atoms with Crippen molar-refractivity contribution in [2.45, 2.75) is 193 Å². The summed E-state index contributed by atoms with van der Waals surface area (Å²) in [5.74, 6) is -5.13. The highest BCUT2D eigenvalue weighted by Crippen LogP contribution is 2.12. The van der Waals surface area contributed by atoms with Crippen molar-refractivity contribution in [3.05, 3.63) is 0 Å². The Kier molecular flexibility index (Phi) is 30.9. The Bertz CT molecular complexity index is 872. The maximum absolute atomic E-state index is 12.4. The van der Waals surface area contributed by atoms with Crippen LogP contribution in [-0.2, 0) is 28.8 Å². The SMILES string of the molecule is CCCCCCCCCCCC(=O)NCCCC[C@H](NC(=O)C(=O)N[C@@H](CCCCNC(=O)CCCCCCCCCCC)C(=O)O)C(=O)O. The summed E-state index contributed by atoms with van der Waals surface area (Å²) in [6.45, 7) is 5.19. The van der Waals surface area contributed by atoms with Gasteiger partial charge in [0.2, 0.25) is 11.8 Å². The van der Waals surface area contributed by atoms with E-state index in [1.807, 2.05) is 0 Å². The molecule has 0 aromatic heterocycles. The van der Waals surface area contributed by atoms with Gasteiger partial charge in [-0.3, -0.25) is 19.2 Å². The lowest BCUT2D eigenvalue weighted by atomic mass is 10.1. The molecule has 0 saturated heterocycles. The van der Waals surface area contributed by atoms with Gasteiger partial charge in [0.25, 0.3) is 0 Å². The van der Waals surface area contributed by atoms with Crippen molar-refractivity contribution in [2.75, 3.05) is 13.1 Å². The molecule has 2 atom stereocenters. The average Bonchev–Trinajstić information content (AvgIpc) is 3.08. The molecule has 12 nitrogen and oxygen atoms in total. The Labute approximate surface area is 301 Å². The fourth-order valence-electron chi connectivity index (χ4n) is 5.73. The average molecular weight is 711 g/mol. The molecule has 0 bridgehead atoms. The number of hydrogen-bond acceptors (Lipinski definition) is 6. The van der Waals surface area contributed by atoms with E-state index in [4.69, 9.17) is 0 Å². The van der Waals surface area contributed by atoms with E-state index in [0.29, 0.717) is 51.6 Å². The molecule has 0 aromatic rings. The molecular formula is C38H70N4O8. The summed E-state index contributed by atoms with van der Waals surface area (Å²) >= 11 is 0. The van der Waals surface area contributed by atoms with Gasteiger partial charge in [0.1, 0.15) is 12.1 Å². The molecule has 0 rings (SSSR count). The van der Waals surface area contributed by atoms with Crippen LogP contribution in [0.1, 0.15) is 181 Å². The predicted molar refractivity (Wildman–Crippen MR) is 197 cm³/mol. The standard InChI is InChI=1S/C38H70N4O8/c1-3-5-7-9-11-13-15-17-19-27-33(43)39-29-23-21-25-31(37(47)48)41-35(45)36(46)42-32(38(49)50)26-22-24-30-40-34(44)28-20-18-16-14-12-10-8-6-4-2/h31-32H,3-30H2,1-2H3,(H,39,43)(H,40,44)(H,41,45)(H,42,46)(H,47,48)(H,49,50)/t31-,32-/m0/s1. The van der Waals surface area contributed by atoms with Crippen LogP contribution in [0.3, 0.4) is 0 Å². The fourth-order valence-corrected chi connectivity index (χ4v) is 5.73. The lowest BCUT2D eigenvalue weighted by Crippen LogP contribution is -2.51. The van der Waals surface area contributed by atoms with E-state index < -0.39 is 35.8 Å². The van der Waals surface area contributed by atoms with Gasteiger partial charge in [-0.25, -0.2) is 9.59 Å². The summed E-state index contributed by atoms with van der Waals surface area (Å²) in [5, 5.41) is 29.0. The van der Waals surface area contributed by atoms with E-state index in [1.54, 1.807) is 0 Å². The van der Waals surface area contributed by atoms with Crippen LogP contribution in [0.25, 0.3) is 0 Å². The van der Waals surface area contributed by atoms with Crippen LogP contribution in [0.5, 0.6) is 0 Å². The lowest BCUT2D eigenvalue weighted by molar-refractivity contribution is -0.147. The molecular weight excluding hydrogens is 640 g/mol. The van der Waals surface area contributed by atoms with Crippen LogP contribution >= 0.6 is 0 Å². The van der Waals surface area contributed by atoms with E-state index >= 15 is 0 Å². The van der Waals surface area contributed by atoms with Gasteiger partial charge in [-0.15, -0.1) is 0 Å². The molecule has 4 amide bonds. The number of nitrogens with one attached hydrogen (secondary N) is 4. The number of carbonyl (C=O) groups is 6. The lowest BCUT2D eigenvalue weighted by Gasteiger charge is -2.17. The first kappa shape index (κ1) is 46.8. The molecule has 12 heteroatoms. The van der Waals surface area contributed by atoms with Crippen molar-refractivity contribution < 1.29 is 39.0 Å². The van der Waals surface area contributed by atoms with Crippen molar-refractivity contribution in [3.8, 4) is 0 Å². The number of aliphatic carboxylic acids is 2. The molecule has 0 aliphatic heterocycles. The van der Waals surface area contributed by atoms with Gasteiger partial charge < -0.3 is 31.5 Å². The van der Waals surface area contributed by atoms with Crippen molar-refractivity contribution in [1.82, 2.24) is 21.3 Å². The normalized spacial score (nSPS) is 12.1. The van der Waals surface area contributed by atoms with Gasteiger partial charge in [0.05, 0.1) is 0 Å². The molecule has 290 valence electrons. The molecule has 0 radical (unpaired) electrons. The molecule has 0 aliphatic rings. The zero-order valence-corrected chi connectivity index (χ0v) is 31.3. The maximum atomic E-state index is 12.4. The molecule has 50 heavy (non-hydrogen) atoms. The van der Waals surface area contributed by atoms with E-state index in [2.05, 4.69) is 35.1 Å². The van der Waals surface area contributed by atoms with Gasteiger partial charge >= 0.3 is 23.8 Å². The number of hydrogen-bond donors (Lipinski definition) is 6. The second kappa shape index (κ2) is 33.0. The Morgan fingerprint density at radius 3 is 1.02 bits per heavy atom. The van der Waals surface area contributed by atoms with Crippen molar-refractivity contribution in [1.29, 1.82) is 0 Å². The number of carbonyl (C=O) groups excluding carboxylic acids is 4. The summed E-state index contributed by atoms with van der Waals surface area (Å²) in [7, 11) is 0. The Morgan fingerprint density at radius 2 is 0.720 bits per heavy atom. The van der Waals surface area contributed by atoms with E-state index in [9.17, 15) is 39.0 Å². The highest BCUT2D eigenvalue weighted by molar-refractivity contribution is 6.35. The highest BCUT2D eigenvalue weighted by Gasteiger charge is 2.27. The molecule has 0 unspecified atom stereocenters. The summed E-state index contributed by atoms with van der Waals surface area (Å²) < 4.78 is 0. The third-order valence-corrected chi connectivity index (χ3v) is 8.91. The predicted octanol–water partition coefficient (Wildman–Crippen LogP) is 6.54. The summed E-state index contributed by atoms with van der Waals surface area (Å²) in [6, 6.07) is -2.65. The van der Waals surface area contributed by atoms with Gasteiger partial charge in [0.15, 0.2) is 0 Å². The molecule has 0 heterocycles. The summed E-state index contributed by atoms with van der Waals surface area (Å²) in [6.07, 6.45) is 24.0. The minimum absolute atomic E-state index is 0.0326. The zero-order chi connectivity index (χ0) is 37.2. The molecule has 6 N–H and O–H groups in total.